The topological polar surface area (TPSA) is 138 Å². The molecule has 0 fully saturated rings. The zero-order chi connectivity index (χ0) is 6.08. The lowest BCUT2D eigenvalue weighted by molar-refractivity contribution is -0.285. The van der Waals surface area contributed by atoms with E-state index in [0.29, 0.717) is 0 Å². The molecule has 0 aromatic heterocycles. The Morgan fingerprint density at radius 1 is 1.25 bits per heavy atom. The van der Waals surface area contributed by atoms with Gasteiger partial charge in [-0.2, -0.15) is 0 Å². The normalized spacial score (nSPS) is 11.2. The fourth-order valence-electron chi connectivity index (χ4n) is 0. The van der Waals surface area contributed by atoms with Crippen LogP contribution in [-0.4, -0.2) is 38.1 Å². The van der Waals surface area contributed by atoms with Crippen molar-refractivity contribution in [1.82, 2.24) is 0 Å². The molecule has 0 radical (unpaired) electrons. The van der Waals surface area contributed by atoms with Crippen LogP contribution in [0.15, 0.2) is 0 Å². The number of nitrogens with two attached hydrogens (primary N) is 1. The van der Waals surface area contributed by atoms with E-state index in [4.69, 9.17) is 20.4 Å². The number of aliphatic hydroxyl groups is 4. The van der Waals surface area contributed by atoms with Gasteiger partial charge in [0.1, 0.15) is 0 Å². The van der Waals surface area contributed by atoms with Gasteiger partial charge in [0.05, 0.1) is 0 Å². The minimum absolute atomic E-state index is 0. The van der Waals surface area contributed by atoms with Gasteiger partial charge in [0.25, 0.3) is 5.91 Å². The third kappa shape index (κ3) is 3.93. The highest BCUT2D eigenvalue weighted by molar-refractivity contribution is 4.52. The molecule has 0 bridgehead atoms. The molecule has 0 unspecified atom stereocenters. The summed E-state index contributed by atoms with van der Waals surface area (Å²) >= 11 is 0. The van der Waals surface area contributed by atoms with E-state index in [-0.39, 0.29) is 5.48 Å². The van der Waals surface area contributed by atoms with E-state index >= 15 is 0 Å². The van der Waals surface area contributed by atoms with E-state index in [1.54, 1.807) is 0 Å². The van der Waals surface area contributed by atoms with Crippen LogP contribution in [0.25, 0.3) is 0 Å². The summed E-state index contributed by atoms with van der Waals surface area (Å²) in [6.07, 6.45) is -2.31. The SMILES string of the molecule is NC(O)(O)C(O)O.O. The highest BCUT2D eigenvalue weighted by atomic mass is 16.6. The Kier molecular flexibility index (Phi) is 3.90. The molecule has 0 saturated heterocycles. The molecule has 8 N–H and O–H groups in total. The van der Waals surface area contributed by atoms with Crippen molar-refractivity contribution < 1.29 is 25.9 Å². The van der Waals surface area contributed by atoms with Gasteiger partial charge in [0.15, 0.2) is 0 Å². The smallest absolute Gasteiger partial charge is 0.273 e. The summed E-state index contributed by atoms with van der Waals surface area (Å²) < 4.78 is 0. The Hall–Kier alpha value is -0.240. The average Bonchev–Trinajstić information content (AvgIpc) is 1.31. The van der Waals surface area contributed by atoms with Crippen molar-refractivity contribution in [2.45, 2.75) is 12.2 Å². The maximum Gasteiger partial charge on any atom is 0.273 e. The molecule has 0 aliphatic heterocycles. The largest absolute Gasteiger partial charge is 0.412 e. The lowest BCUT2D eigenvalue weighted by Crippen LogP contribution is -2.50. The second-order valence-corrected chi connectivity index (χ2v) is 1.16. The van der Waals surface area contributed by atoms with Crippen LogP contribution < -0.4 is 5.73 Å². The van der Waals surface area contributed by atoms with Crippen LogP contribution in [-0.2, 0) is 0 Å². The molecule has 0 aliphatic rings. The van der Waals surface area contributed by atoms with E-state index < -0.39 is 12.2 Å². The predicted octanol–water partition coefficient (Wildman–Crippen LogP) is -3.93. The van der Waals surface area contributed by atoms with Crippen LogP contribution >= 0.6 is 0 Å². The second-order valence-electron chi connectivity index (χ2n) is 1.16. The van der Waals surface area contributed by atoms with E-state index in [9.17, 15) is 0 Å². The maximum atomic E-state index is 7.93. The number of hydrogen-bond donors (Lipinski definition) is 5. The van der Waals surface area contributed by atoms with Crippen molar-refractivity contribution in [3.8, 4) is 0 Å². The zero-order valence-electron chi connectivity index (χ0n) is 3.94. The summed E-state index contributed by atoms with van der Waals surface area (Å²) in [6, 6.07) is 0. The molecule has 6 heteroatoms. The highest BCUT2D eigenvalue weighted by Gasteiger charge is 2.24. The van der Waals surface area contributed by atoms with Crippen molar-refractivity contribution in [3.63, 3.8) is 0 Å². The van der Waals surface area contributed by atoms with Crippen LogP contribution in [0, 0.1) is 0 Å². The standard InChI is InChI=1S/C2H7NO4.H2O/c3-2(6,7)1(4)5;/h1,4-7H,3H2;1H2. The summed E-state index contributed by atoms with van der Waals surface area (Å²) in [5, 5.41) is 31.5. The van der Waals surface area contributed by atoms with Crippen LogP contribution in [0.5, 0.6) is 0 Å². The van der Waals surface area contributed by atoms with Crippen molar-refractivity contribution in [1.29, 1.82) is 0 Å². The molecule has 0 aliphatic carbocycles. The molecule has 0 rings (SSSR count). The Bertz CT molecular complexity index is 55.9. The molecule has 8 heavy (non-hydrogen) atoms. The first-order valence-electron chi connectivity index (χ1n) is 1.54. The molecular formula is C2H9NO5. The number of rotatable bonds is 1. The summed E-state index contributed by atoms with van der Waals surface area (Å²) in [5.74, 6) is -2.89. The van der Waals surface area contributed by atoms with Crippen LogP contribution in [0.2, 0.25) is 0 Å². The quantitative estimate of drug-likeness (QED) is 0.229. The molecule has 0 aromatic carbocycles. The molecular weight excluding hydrogens is 118 g/mol. The molecule has 0 heterocycles. The summed E-state index contributed by atoms with van der Waals surface area (Å²) in [7, 11) is 0. The van der Waals surface area contributed by atoms with Crippen LogP contribution in [0.4, 0.5) is 0 Å². The molecule has 0 aromatic rings. The van der Waals surface area contributed by atoms with E-state index in [1.807, 2.05) is 0 Å². The van der Waals surface area contributed by atoms with Gasteiger partial charge in [-0.3, -0.25) is 5.73 Å². The van der Waals surface area contributed by atoms with Gasteiger partial charge in [-0.25, -0.2) is 0 Å². The zero-order valence-corrected chi connectivity index (χ0v) is 3.94. The van der Waals surface area contributed by atoms with Gasteiger partial charge in [0.2, 0.25) is 6.29 Å². The molecule has 0 amide bonds. The molecule has 52 valence electrons. The van der Waals surface area contributed by atoms with E-state index in [1.165, 1.54) is 0 Å². The fraction of sp³-hybridized carbons (Fsp3) is 1.00. The monoisotopic (exact) mass is 127 g/mol. The first-order chi connectivity index (χ1) is 2.94. The fourth-order valence-corrected chi connectivity index (χ4v) is 0. The number of hydrogen-bond acceptors (Lipinski definition) is 5. The maximum absolute atomic E-state index is 7.93. The summed E-state index contributed by atoms with van der Waals surface area (Å²) in [4.78, 5) is 0. The van der Waals surface area contributed by atoms with Gasteiger partial charge >= 0.3 is 0 Å². The lowest BCUT2D eigenvalue weighted by atomic mass is 10.5. The van der Waals surface area contributed by atoms with Gasteiger partial charge in [-0.15, -0.1) is 0 Å². The predicted molar refractivity (Wildman–Crippen MR) is 23.2 cm³/mol. The van der Waals surface area contributed by atoms with Crippen molar-refractivity contribution >= 4 is 0 Å². The van der Waals surface area contributed by atoms with Crippen LogP contribution in [0.3, 0.4) is 0 Å². The average molecular weight is 127 g/mol. The molecule has 6 nitrogen and oxygen atoms in total. The van der Waals surface area contributed by atoms with Crippen molar-refractivity contribution in [2.75, 3.05) is 0 Å². The lowest BCUT2D eigenvalue weighted by Gasteiger charge is -2.16. The highest BCUT2D eigenvalue weighted by Crippen LogP contribution is 1.90. The van der Waals surface area contributed by atoms with Crippen LogP contribution in [0.1, 0.15) is 0 Å². The molecule has 0 atom stereocenters. The van der Waals surface area contributed by atoms with Crippen molar-refractivity contribution in [3.05, 3.63) is 0 Å². The third-order valence-electron chi connectivity index (χ3n) is 0.380. The summed E-state index contributed by atoms with van der Waals surface area (Å²) in [6.45, 7) is 0. The van der Waals surface area contributed by atoms with Gasteiger partial charge in [-0.05, 0) is 0 Å². The molecule has 0 spiro atoms. The minimum Gasteiger partial charge on any atom is -0.412 e. The van der Waals surface area contributed by atoms with E-state index in [0.717, 1.165) is 0 Å². The Morgan fingerprint density at radius 2 is 1.38 bits per heavy atom. The summed E-state index contributed by atoms with van der Waals surface area (Å²) in [5.41, 5.74) is 4.29. The van der Waals surface area contributed by atoms with Gasteiger partial charge < -0.3 is 25.9 Å². The first kappa shape index (κ1) is 10.7. The second kappa shape index (κ2) is 2.92. The van der Waals surface area contributed by atoms with E-state index in [2.05, 4.69) is 5.73 Å². The van der Waals surface area contributed by atoms with Gasteiger partial charge in [-0.1, -0.05) is 0 Å². The molecule has 0 saturated carbocycles. The van der Waals surface area contributed by atoms with Crippen molar-refractivity contribution in [2.24, 2.45) is 5.73 Å². The third-order valence-corrected chi connectivity index (χ3v) is 0.380. The Balaban J connectivity index is 0. The van der Waals surface area contributed by atoms with Gasteiger partial charge in [0, 0.05) is 0 Å². The number of aliphatic hydroxyl groups excluding tert-OH is 1. The Labute approximate surface area is 45.1 Å². The minimum atomic E-state index is -2.89. The first-order valence-corrected chi connectivity index (χ1v) is 1.54. The Morgan fingerprint density at radius 3 is 1.38 bits per heavy atom.